The molecule has 2 aromatic rings. The average molecular weight is 451 g/mol. The molecule has 3 rings (SSSR count). The smallest absolute Gasteiger partial charge is 0.256 e. The van der Waals surface area contributed by atoms with Gasteiger partial charge in [-0.25, -0.2) is 13.2 Å². The van der Waals surface area contributed by atoms with Gasteiger partial charge in [0.25, 0.3) is 5.91 Å². The Kier molecular flexibility index (Phi) is 7.76. The van der Waals surface area contributed by atoms with Gasteiger partial charge >= 0.3 is 0 Å². The first-order valence-electron chi connectivity index (χ1n) is 10.6. The average Bonchev–Trinajstić information content (AvgIpc) is 2.75. The number of aliphatic hydroxyl groups is 2. The maximum atomic E-state index is 14.6. The van der Waals surface area contributed by atoms with E-state index in [1.807, 2.05) is 6.92 Å². The maximum absolute atomic E-state index is 14.6. The number of hydrogen-bond acceptors (Lipinski definition) is 5. The predicted octanol–water partition coefficient (Wildman–Crippen LogP) is 2.96. The van der Waals surface area contributed by atoms with Crippen LogP contribution in [0.2, 0.25) is 0 Å². The van der Waals surface area contributed by atoms with Crippen LogP contribution in [0, 0.1) is 17.5 Å². The minimum atomic E-state index is -1.28. The Morgan fingerprint density at radius 1 is 1.12 bits per heavy atom. The fourth-order valence-corrected chi connectivity index (χ4v) is 3.64. The number of carbonyl (C=O) groups is 1. The summed E-state index contributed by atoms with van der Waals surface area (Å²) in [7, 11) is 0. The summed E-state index contributed by atoms with van der Waals surface area (Å²) in [5.74, 6) is -3.68. The predicted molar refractivity (Wildman–Crippen MR) is 115 cm³/mol. The fraction of sp³-hybridized carbons (Fsp3) is 0.435. The van der Waals surface area contributed by atoms with E-state index in [2.05, 4.69) is 10.6 Å². The molecule has 32 heavy (non-hydrogen) atoms. The van der Waals surface area contributed by atoms with Crippen LogP contribution in [0.15, 0.2) is 30.3 Å². The van der Waals surface area contributed by atoms with Gasteiger partial charge in [0.2, 0.25) is 0 Å². The van der Waals surface area contributed by atoms with Gasteiger partial charge in [0, 0.05) is 13.2 Å². The summed E-state index contributed by atoms with van der Waals surface area (Å²) >= 11 is 0. The third kappa shape index (κ3) is 5.40. The van der Waals surface area contributed by atoms with E-state index in [0.717, 1.165) is 24.1 Å². The van der Waals surface area contributed by atoms with Crippen molar-refractivity contribution in [1.82, 2.24) is 10.2 Å². The minimum absolute atomic E-state index is 0.0246. The molecule has 9 heteroatoms. The number of carbonyl (C=O) groups excluding carboxylic acids is 1. The second-order valence-electron chi connectivity index (χ2n) is 8.07. The first kappa shape index (κ1) is 24.0. The Morgan fingerprint density at radius 2 is 1.88 bits per heavy atom. The number of benzene rings is 2. The number of nitrogens with one attached hydrogen (secondary N) is 2. The molecule has 6 nitrogen and oxygen atoms in total. The van der Waals surface area contributed by atoms with Crippen molar-refractivity contribution in [2.24, 2.45) is 0 Å². The van der Waals surface area contributed by atoms with E-state index in [4.69, 9.17) is 5.11 Å². The number of nitrogens with zero attached hydrogens (tertiary/aromatic N) is 1. The molecule has 0 spiro atoms. The summed E-state index contributed by atoms with van der Waals surface area (Å²) in [5.41, 5.74) is -1.05. The van der Waals surface area contributed by atoms with Gasteiger partial charge in [-0.15, -0.1) is 0 Å². The van der Waals surface area contributed by atoms with Crippen molar-refractivity contribution in [3.63, 3.8) is 0 Å². The van der Waals surface area contributed by atoms with Gasteiger partial charge in [0.05, 0.1) is 30.0 Å². The molecule has 1 aliphatic rings. The Morgan fingerprint density at radius 3 is 2.53 bits per heavy atom. The van der Waals surface area contributed by atoms with E-state index in [9.17, 15) is 23.1 Å². The van der Waals surface area contributed by atoms with E-state index >= 15 is 0 Å². The van der Waals surface area contributed by atoms with E-state index < -0.39 is 34.6 Å². The normalized spacial score (nSPS) is 14.9. The number of aliphatic hydroxyl groups excluding tert-OH is 1. The van der Waals surface area contributed by atoms with E-state index in [0.29, 0.717) is 19.4 Å². The molecule has 0 atom stereocenters. The van der Waals surface area contributed by atoms with Crippen molar-refractivity contribution < 1.29 is 28.2 Å². The molecule has 174 valence electrons. The molecule has 2 aromatic carbocycles. The van der Waals surface area contributed by atoms with Crippen LogP contribution in [0.25, 0.3) is 0 Å². The first-order chi connectivity index (χ1) is 15.3. The molecular formula is C23H28F3N3O3. The number of likely N-dealkylation sites (tertiary alicyclic amines) is 1. The van der Waals surface area contributed by atoms with Crippen LogP contribution in [-0.4, -0.2) is 59.4 Å². The summed E-state index contributed by atoms with van der Waals surface area (Å²) in [4.78, 5) is 14.3. The van der Waals surface area contributed by atoms with Gasteiger partial charge < -0.3 is 25.7 Å². The lowest BCUT2D eigenvalue weighted by atomic mass is 9.92. The van der Waals surface area contributed by atoms with Crippen LogP contribution in [0.1, 0.15) is 35.7 Å². The number of amides is 1. The minimum Gasteiger partial charge on any atom is -0.396 e. The number of halogens is 3. The largest absolute Gasteiger partial charge is 0.396 e. The second-order valence-corrected chi connectivity index (χ2v) is 8.07. The molecule has 0 unspecified atom stereocenters. The molecular weight excluding hydrogens is 423 g/mol. The van der Waals surface area contributed by atoms with Crippen LogP contribution in [-0.2, 0) is 6.42 Å². The maximum Gasteiger partial charge on any atom is 0.256 e. The molecule has 0 saturated carbocycles. The van der Waals surface area contributed by atoms with Gasteiger partial charge in [-0.1, -0.05) is 13.0 Å². The lowest BCUT2D eigenvalue weighted by molar-refractivity contribution is -0.0784. The first-order valence-corrected chi connectivity index (χ1v) is 10.6. The van der Waals surface area contributed by atoms with Gasteiger partial charge in [0.15, 0.2) is 11.6 Å². The molecule has 1 saturated heterocycles. The van der Waals surface area contributed by atoms with Gasteiger partial charge in [-0.2, -0.15) is 0 Å². The number of rotatable bonds is 10. The lowest BCUT2D eigenvalue weighted by Gasteiger charge is -2.46. The highest BCUT2D eigenvalue weighted by atomic mass is 19.2. The SMILES string of the molecule is CCc1ccc(Nc2c(C(=O)N3CC(O)(CNCCCCO)C3)ccc(F)c2F)c(F)c1. The third-order valence-electron chi connectivity index (χ3n) is 5.50. The number of aryl methyl sites for hydroxylation is 1. The summed E-state index contributed by atoms with van der Waals surface area (Å²) in [6.07, 6.45) is 2.03. The van der Waals surface area contributed by atoms with Crippen LogP contribution >= 0.6 is 0 Å². The van der Waals surface area contributed by atoms with Crippen molar-refractivity contribution >= 4 is 17.3 Å². The second kappa shape index (κ2) is 10.3. The van der Waals surface area contributed by atoms with Crippen LogP contribution in [0.4, 0.5) is 24.5 Å². The summed E-state index contributed by atoms with van der Waals surface area (Å²) in [6, 6.07) is 6.36. The Labute approximate surface area is 185 Å². The highest BCUT2D eigenvalue weighted by Gasteiger charge is 2.44. The highest BCUT2D eigenvalue weighted by Crippen LogP contribution is 2.31. The fourth-order valence-electron chi connectivity index (χ4n) is 3.64. The van der Waals surface area contributed by atoms with Gasteiger partial charge in [0.1, 0.15) is 11.4 Å². The molecule has 4 N–H and O–H groups in total. The van der Waals surface area contributed by atoms with Gasteiger partial charge in [-0.3, -0.25) is 4.79 Å². The van der Waals surface area contributed by atoms with Crippen LogP contribution in [0.5, 0.6) is 0 Å². The van der Waals surface area contributed by atoms with Crippen molar-refractivity contribution in [1.29, 1.82) is 0 Å². The van der Waals surface area contributed by atoms with Crippen molar-refractivity contribution in [2.45, 2.75) is 31.8 Å². The zero-order valence-electron chi connectivity index (χ0n) is 17.9. The molecule has 0 aromatic heterocycles. The van der Waals surface area contributed by atoms with E-state index in [1.54, 1.807) is 6.07 Å². The van der Waals surface area contributed by atoms with Crippen molar-refractivity contribution in [3.05, 3.63) is 58.9 Å². The zero-order valence-corrected chi connectivity index (χ0v) is 17.9. The van der Waals surface area contributed by atoms with E-state index in [-0.39, 0.29) is 37.5 Å². The zero-order chi connectivity index (χ0) is 23.3. The van der Waals surface area contributed by atoms with E-state index in [1.165, 1.54) is 17.0 Å². The number of β-amino-alcohol motifs (C(OH)–C–C–N with tert-alkyl or cyclic N) is 1. The Hall–Kier alpha value is -2.62. The topological polar surface area (TPSA) is 84.8 Å². The quantitative estimate of drug-likeness (QED) is 0.418. The van der Waals surface area contributed by atoms with Gasteiger partial charge in [-0.05, 0) is 55.6 Å². The molecule has 0 bridgehead atoms. The standard InChI is InChI=1S/C23H28F3N3O3/c1-2-15-5-8-19(18(25)11-15)28-21-16(6-7-17(24)20(21)26)22(31)29-13-23(32,14-29)12-27-9-3-4-10-30/h5-8,11,27-28,30,32H,2-4,9-10,12-14H2,1H3. The Bertz CT molecular complexity index is 965. The Balaban J connectivity index is 1.72. The molecule has 1 heterocycles. The monoisotopic (exact) mass is 451 g/mol. The number of unbranched alkanes of at least 4 members (excludes halogenated alkanes) is 1. The molecule has 0 radical (unpaired) electrons. The van der Waals surface area contributed by atoms with Crippen molar-refractivity contribution in [2.75, 3.05) is 38.1 Å². The number of hydrogen-bond donors (Lipinski definition) is 4. The molecule has 1 fully saturated rings. The molecule has 1 aliphatic heterocycles. The third-order valence-corrected chi connectivity index (χ3v) is 5.50. The van der Waals surface area contributed by atoms with Crippen LogP contribution < -0.4 is 10.6 Å². The summed E-state index contributed by atoms with van der Waals surface area (Å²) < 4.78 is 42.9. The van der Waals surface area contributed by atoms with Crippen molar-refractivity contribution in [3.8, 4) is 0 Å². The summed E-state index contributed by atoms with van der Waals surface area (Å²) in [6.45, 7) is 2.90. The van der Waals surface area contributed by atoms with Crippen LogP contribution in [0.3, 0.4) is 0 Å². The lowest BCUT2D eigenvalue weighted by Crippen LogP contribution is -2.67. The highest BCUT2D eigenvalue weighted by molar-refractivity contribution is 6.01. The summed E-state index contributed by atoms with van der Waals surface area (Å²) in [5, 5.41) is 24.9. The molecule has 1 amide bonds. The number of anilines is 2. The molecule has 0 aliphatic carbocycles.